The number of benzene rings is 1. The predicted molar refractivity (Wildman–Crippen MR) is 58.0 cm³/mol. The molecule has 0 aliphatic rings. The van der Waals surface area contributed by atoms with Gasteiger partial charge in [0.25, 0.3) is 0 Å². The molecule has 0 heterocycles. The van der Waals surface area contributed by atoms with Crippen molar-refractivity contribution in [1.29, 1.82) is 0 Å². The highest BCUT2D eigenvalue weighted by atomic mass is 35.5. The summed E-state index contributed by atoms with van der Waals surface area (Å²) in [6.07, 6.45) is 0. The zero-order chi connectivity index (χ0) is 10.6. The lowest BCUT2D eigenvalue weighted by Crippen LogP contribution is -2.18. The third-order valence-electron chi connectivity index (χ3n) is 1.87. The van der Waals surface area contributed by atoms with Crippen LogP contribution in [0.5, 0.6) is 0 Å². The summed E-state index contributed by atoms with van der Waals surface area (Å²) < 4.78 is 12.8. The van der Waals surface area contributed by atoms with Gasteiger partial charge in [0, 0.05) is 6.54 Å². The fourth-order valence-corrected chi connectivity index (χ4v) is 1.36. The molecule has 1 N–H and O–H groups in total. The first-order valence-electron chi connectivity index (χ1n) is 4.74. The molecule has 0 unspecified atom stereocenters. The van der Waals surface area contributed by atoms with Crippen LogP contribution in [0.4, 0.5) is 4.39 Å². The molecule has 0 aliphatic heterocycles. The fraction of sp³-hybridized carbons (Fsp3) is 0.455. The second kappa shape index (κ2) is 5.32. The lowest BCUT2D eigenvalue weighted by atomic mass is 10.2. The minimum atomic E-state index is -0.362. The third-order valence-corrected chi connectivity index (χ3v) is 2.16. The summed E-state index contributed by atoms with van der Waals surface area (Å²) in [4.78, 5) is 0. The molecule has 0 aromatic heterocycles. The summed E-state index contributed by atoms with van der Waals surface area (Å²) in [5, 5.41) is 3.46. The Morgan fingerprint density at radius 3 is 2.71 bits per heavy atom. The van der Waals surface area contributed by atoms with Gasteiger partial charge in [-0.2, -0.15) is 0 Å². The average Bonchev–Trinajstić information content (AvgIpc) is 2.10. The lowest BCUT2D eigenvalue weighted by Gasteiger charge is -2.07. The first-order valence-corrected chi connectivity index (χ1v) is 5.12. The van der Waals surface area contributed by atoms with Gasteiger partial charge in [-0.05, 0) is 30.2 Å². The molecule has 0 spiro atoms. The molecule has 0 radical (unpaired) electrons. The molecule has 3 heteroatoms. The molecule has 1 nitrogen and oxygen atoms in total. The van der Waals surface area contributed by atoms with E-state index in [1.54, 1.807) is 12.1 Å². The normalized spacial score (nSPS) is 10.9. The van der Waals surface area contributed by atoms with Crippen molar-refractivity contribution in [2.75, 3.05) is 6.54 Å². The van der Waals surface area contributed by atoms with Crippen molar-refractivity contribution in [2.45, 2.75) is 20.4 Å². The maximum Gasteiger partial charge on any atom is 0.141 e. The van der Waals surface area contributed by atoms with Crippen molar-refractivity contribution in [3.63, 3.8) is 0 Å². The highest BCUT2D eigenvalue weighted by molar-refractivity contribution is 6.30. The molecule has 0 saturated heterocycles. The molecule has 0 atom stereocenters. The number of hydrogen-bond donors (Lipinski definition) is 1. The van der Waals surface area contributed by atoms with E-state index in [1.165, 1.54) is 6.07 Å². The number of rotatable bonds is 4. The summed E-state index contributed by atoms with van der Waals surface area (Å²) >= 11 is 5.65. The van der Waals surface area contributed by atoms with Gasteiger partial charge in [-0.25, -0.2) is 4.39 Å². The van der Waals surface area contributed by atoms with Crippen molar-refractivity contribution in [3.8, 4) is 0 Å². The molecule has 1 rings (SSSR count). The zero-order valence-electron chi connectivity index (χ0n) is 8.48. The molecule has 78 valence electrons. The second-order valence-electron chi connectivity index (χ2n) is 3.77. The van der Waals surface area contributed by atoms with Crippen LogP contribution in [-0.2, 0) is 6.54 Å². The number of halogens is 2. The Hall–Kier alpha value is -0.600. The van der Waals surface area contributed by atoms with Crippen LogP contribution in [0.3, 0.4) is 0 Å². The van der Waals surface area contributed by atoms with Gasteiger partial charge in [-0.1, -0.05) is 31.5 Å². The van der Waals surface area contributed by atoms with Gasteiger partial charge in [-0.3, -0.25) is 0 Å². The first-order chi connectivity index (χ1) is 6.59. The molecule has 1 aromatic carbocycles. The number of nitrogens with one attached hydrogen (secondary N) is 1. The summed E-state index contributed by atoms with van der Waals surface area (Å²) in [7, 11) is 0. The molecule has 0 bridgehead atoms. The molecule has 0 amide bonds. The van der Waals surface area contributed by atoms with Gasteiger partial charge in [0.05, 0.1) is 5.02 Å². The van der Waals surface area contributed by atoms with Crippen molar-refractivity contribution in [2.24, 2.45) is 5.92 Å². The Bertz CT molecular complexity index is 299. The van der Waals surface area contributed by atoms with Crippen LogP contribution in [0.25, 0.3) is 0 Å². The fourth-order valence-electron chi connectivity index (χ4n) is 1.15. The second-order valence-corrected chi connectivity index (χ2v) is 4.18. The predicted octanol–water partition coefficient (Wildman–Crippen LogP) is 3.22. The summed E-state index contributed by atoms with van der Waals surface area (Å²) in [5.74, 6) is 0.255. The van der Waals surface area contributed by atoms with Crippen molar-refractivity contribution in [3.05, 3.63) is 34.6 Å². The van der Waals surface area contributed by atoms with Gasteiger partial charge < -0.3 is 5.32 Å². The van der Waals surface area contributed by atoms with Crippen LogP contribution in [0.15, 0.2) is 18.2 Å². The van der Waals surface area contributed by atoms with Crippen LogP contribution in [0, 0.1) is 11.7 Å². The van der Waals surface area contributed by atoms with Crippen molar-refractivity contribution in [1.82, 2.24) is 5.32 Å². The summed E-state index contributed by atoms with van der Waals surface area (Å²) in [5.41, 5.74) is 1.01. The summed E-state index contributed by atoms with van der Waals surface area (Å²) in [6.45, 7) is 5.97. The van der Waals surface area contributed by atoms with Crippen LogP contribution < -0.4 is 5.32 Å². The van der Waals surface area contributed by atoms with E-state index in [1.807, 2.05) is 0 Å². The maximum absolute atomic E-state index is 12.8. The Labute approximate surface area is 89.3 Å². The average molecular weight is 216 g/mol. The molecular formula is C11H15ClFN. The highest BCUT2D eigenvalue weighted by Gasteiger charge is 2.00. The van der Waals surface area contributed by atoms with Gasteiger partial charge in [0.2, 0.25) is 0 Å². The van der Waals surface area contributed by atoms with Crippen LogP contribution >= 0.6 is 11.6 Å². The van der Waals surface area contributed by atoms with Gasteiger partial charge in [0.1, 0.15) is 5.82 Å². The summed E-state index contributed by atoms with van der Waals surface area (Å²) in [6, 6.07) is 4.80. The minimum absolute atomic E-state index is 0.189. The maximum atomic E-state index is 12.8. The largest absolute Gasteiger partial charge is 0.312 e. The van der Waals surface area contributed by atoms with E-state index in [-0.39, 0.29) is 10.8 Å². The molecule has 0 aliphatic carbocycles. The Morgan fingerprint density at radius 1 is 1.43 bits per heavy atom. The lowest BCUT2D eigenvalue weighted by molar-refractivity contribution is 0.551. The molecular weight excluding hydrogens is 201 g/mol. The van der Waals surface area contributed by atoms with E-state index in [9.17, 15) is 4.39 Å². The van der Waals surface area contributed by atoms with Gasteiger partial charge in [0.15, 0.2) is 0 Å². The van der Waals surface area contributed by atoms with Crippen molar-refractivity contribution >= 4 is 11.6 Å². The SMILES string of the molecule is CC(C)CNCc1ccc(F)c(Cl)c1. The van der Waals surface area contributed by atoms with E-state index in [2.05, 4.69) is 19.2 Å². The van der Waals surface area contributed by atoms with E-state index >= 15 is 0 Å². The van der Waals surface area contributed by atoms with Crippen LogP contribution in [0.1, 0.15) is 19.4 Å². The van der Waals surface area contributed by atoms with E-state index in [4.69, 9.17) is 11.6 Å². The Balaban J connectivity index is 2.47. The van der Waals surface area contributed by atoms with Gasteiger partial charge in [-0.15, -0.1) is 0 Å². The quantitative estimate of drug-likeness (QED) is 0.813. The number of hydrogen-bond acceptors (Lipinski definition) is 1. The Morgan fingerprint density at radius 2 is 2.14 bits per heavy atom. The van der Waals surface area contributed by atoms with E-state index in [0.29, 0.717) is 5.92 Å². The Kier molecular flexibility index (Phi) is 4.36. The molecule has 14 heavy (non-hydrogen) atoms. The monoisotopic (exact) mass is 215 g/mol. The molecule has 0 fully saturated rings. The standard InChI is InChI=1S/C11H15ClFN/c1-8(2)6-14-7-9-3-4-11(13)10(12)5-9/h3-5,8,14H,6-7H2,1-2H3. The zero-order valence-corrected chi connectivity index (χ0v) is 9.24. The molecule has 1 aromatic rings. The van der Waals surface area contributed by atoms with E-state index in [0.717, 1.165) is 18.7 Å². The smallest absolute Gasteiger partial charge is 0.141 e. The van der Waals surface area contributed by atoms with Crippen LogP contribution in [0.2, 0.25) is 5.02 Å². The van der Waals surface area contributed by atoms with Crippen LogP contribution in [-0.4, -0.2) is 6.54 Å². The molecule has 0 saturated carbocycles. The topological polar surface area (TPSA) is 12.0 Å². The van der Waals surface area contributed by atoms with Gasteiger partial charge >= 0.3 is 0 Å². The van der Waals surface area contributed by atoms with E-state index < -0.39 is 0 Å². The third kappa shape index (κ3) is 3.64. The first kappa shape index (κ1) is 11.5. The minimum Gasteiger partial charge on any atom is -0.312 e. The highest BCUT2D eigenvalue weighted by Crippen LogP contribution is 2.15. The van der Waals surface area contributed by atoms with Crippen molar-refractivity contribution < 1.29 is 4.39 Å².